The van der Waals surface area contributed by atoms with E-state index in [1.807, 2.05) is 31.2 Å². The number of benzene rings is 1. The number of nitrogens with one attached hydrogen (secondary N) is 1. The molecular weight excluding hydrogens is 206 g/mol. The summed E-state index contributed by atoms with van der Waals surface area (Å²) in [4.78, 5) is 10.7. The lowest BCUT2D eigenvalue weighted by atomic mass is 10.1. The maximum atomic E-state index is 10.7. The molecule has 4 nitrogen and oxygen atoms in total. The van der Waals surface area contributed by atoms with Gasteiger partial charge in [-0.2, -0.15) is 0 Å². The quantitative estimate of drug-likeness (QED) is 0.799. The molecule has 0 fully saturated rings. The molecule has 0 spiro atoms. The second-order valence-electron chi connectivity index (χ2n) is 3.72. The number of ether oxygens (including phenoxy) is 1. The van der Waals surface area contributed by atoms with E-state index >= 15 is 0 Å². The molecule has 0 bridgehead atoms. The van der Waals surface area contributed by atoms with E-state index in [-0.39, 0.29) is 6.04 Å². The van der Waals surface area contributed by atoms with Crippen LogP contribution in [0.25, 0.3) is 0 Å². The molecule has 1 aromatic carbocycles. The first-order chi connectivity index (χ1) is 7.54. The van der Waals surface area contributed by atoms with Gasteiger partial charge >= 0.3 is 5.97 Å². The van der Waals surface area contributed by atoms with Crippen LogP contribution in [-0.4, -0.2) is 24.2 Å². The first kappa shape index (κ1) is 12.5. The van der Waals surface area contributed by atoms with Gasteiger partial charge in [0.1, 0.15) is 11.8 Å². The maximum absolute atomic E-state index is 10.7. The number of methoxy groups -OCH3 is 1. The molecule has 16 heavy (non-hydrogen) atoms. The topological polar surface area (TPSA) is 58.6 Å². The van der Waals surface area contributed by atoms with Crippen molar-refractivity contribution in [2.45, 2.75) is 25.9 Å². The fourth-order valence-corrected chi connectivity index (χ4v) is 1.45. The molecule has 0 radical (unpaired) electrons. The average molecular weight is 223 g/mol. The van der Waals surface area contributed by atoms with Crippen molar-refractivity contribution in [1.82, 2.24) is 5.32 Å². The van der Waals surface area contributed by atoms with Crippen LogP contribution in [0.15, 0.2) is 24.3 Å². The molecule has 2 N–H and O–H groups in total. The molecule has 0 aliphatic rings. The Labute approximate surface area is 95.2 Å². The Bertz CT molecular complexity index is 365. The maximum Gasteiger partial charge on any atom is 0.320 e. The summed E-state index contributed by atoms with van der Waals surface area (Å²) in [6.45, 7) is 3.55. The summed E-state index contributed by atoms with van der Waals surface area (Å²) in [5.41, 5.74) is 1.01. The van der Waals surface area contributed by atoms with E-state index in [0.29, 0.717) is 0 Å². The van der Waals surface area contributed by atoms with E-state index in [1.165, 1.54) is 0 Å². The third-order valence-corrected chi connectivity index (χ3v) is 2.46. The molecule has 1 aromatic rings. The van der Waals surface area contributed by atoms with Gasteiger partial charge in [-0.1, -0.05) is 12.1 Å². The molecule has 0 saturated heterocycles. The van der Waals surface area contributed by atoms with Crippen LogP contribution in [0.4, 0.5) is 0 Å². The van der Waals surface area contributed by atoms with Gasteiger partial charge < -0.3 is 9.84 Å². The van der Waals surface area contributed by atoms with Crippen LogP contribution in [0, 0.1) is 0 Å². The Morgan fingerprint density at radius 2 is 2.12 bits per heavy atom. The van der Waals surface area contributed by atoms with E-state index in [9.17, 15) is 4.79 Å². The zero-order valence-corrected chi connectivity index (χ0v) is 9.73. The Hall–Kier alpha value is -1.55. The van der Waals surface area contributed by atoms with Crippen LogP contribution in [0.1, 0.15) is 25.5 Å². The third kappa shape index (κ3) is 3.24. The Balaban J connectivity index is 2.72. The SMILES string of the molecule is COc1cccc([C@H](C)N[C@H](C)C(=O)O)c1. The van der Waals surface area contributed by atoms with Crippen molar-refractivity contribution in [3.05, 3.63) is 29.8 Å². The summed E-state index contributed by atoms with van der Waals surface area (Å²) in [5.74, 6) is -0.0797. The monoisotopic (exact) mass is 223 g/mol. The van der Waals surface area contributed by atoms with Gasteiger partial charge in [-0.25, -0.2) is 0 Å². The standard InChI is InChI=1S/C12H17NO3/c1-8(13-9(2)12(14)15)10-5-4-6-11(7-10)16-3/h4-9,13H,1-3H3,(H,14,15)/t8-,9+/m0/s1. The van der Waals surface area contributed by atoms with Gasteiger partial charge in [0.15, 0.2) is 0 Å². The second-order valence-corrected chi connectivity index (χ2v) is 3.72. The molecule has 2 atom stereocenters. The highest BCUT2D eigenvalue weighted by molar-refractivity contribution is 5.72. The largest absolute Gasteiger partial charge is 0.497 e. The molecule has 1 rings (SSSR count). The van der Waals surface area contributed by atoms with Crippen molar-refractivity contribution in [3.8, 4) is 5.75 Å². The minimum absolute atomic E-state index is 0.0267. The number of carboxylic acids is 1. The highest BCUT2D eigenvalue weighted by atomic mass is 16.5. The molecule has 0 aliphatic heterocycles. The zero-order chi connectivity index (χ0) is 12.1. The Morgan fingerprint density at radius 1 is 1.44 bits per heavy atom. The molecule has 0 heterocycles. The van der Waals surface area contributed by atoms with E-state index in [0.717, 1.165) is 11.3 Å². The number of carboxylic acid groups (broad SMARTS) is 1. The van der Waals surface area contributed by atoms with Crippen LogP contribution in [0.2, 0.25) is 0 Å². The van der Waals surface area contributed by atoms with E-state index in [4.69, 9.17) is 9.84 Å². The van der Waals surface area contributed by atoms with Crippen LogP contribution >= 0.6 is 0 Å². The molecule has 0 aromatic heterocycles. The van der Waals surface area contributed by atoms with Gasteiger partial charge in [0, 0.05) is 6.04 Å². The molecule has 0 amide bonds. The van der Waals surface area contributed by atoms with Gasteiger partial charge in [-0.3, -0.25) is 10.1 Å². The second kappa shape index (κ2) is 5.51. The first-order valence-corrected chi connectivity index (χ1v) is 5.17. The normalized spacial score (nSPS) is 14.2. The minimum atomic E-state index is -0.852. The van der Waals surface area contributed by atoms with Gasteiger partial charge in [-0.05, 0) is 31.5 Å². The van der Waals surface area contributed by atoms with Gasteiger partial charge in [0.25, 0.3) is 0 Å². The third-order valence-electron chi connectivity index (χ3n) is 2.46. The summed E-state index contributed by atoms with van der Waals surface area (Å²) in [5, 5.41) is 11.8. The van der Waals surface area contributed by atoms with Crippen molar-refractivity contribution >= 4 is 5.97 Å². The van der Waals surface area contributed by atoms with E-state index in [2.05, 4.69) is 5.32 Å². The number of rotatable bonds is 5. The smallest absolute Gasteiger partial charge is 0.320 e. The van der Waals surface area contributed by atoms with Crippen LogP contribution in [-0.2, 0) is 4.79 Å². The van der Waals surface area contributed by atoms with Crippen LogP contribution in [0.5, 0.6) is 5.75 Å². The highest BCUT2D eigenvalue weighted by Gasteiger charge is 2.14. The van der Waals surface area contributed by atoms with Crippen LogP contribution < -0.4 is 10.1 Å². The van der Waals surface area contributed by atoms with Crippen molar-refractivity contribution < 1.29 is 14.6 Å². The average Bonchev–Trinajstić information content (AvgIpc) is 2.28. The van der Waals surface area contributed by atoms with Crippen molar-refractivity contribution in [1.29, 1.82) is 0 Å². The number of hydrogen-bond acceptors (Lipinski definition) is 3. The predicted molar refractivity (Wildman–Crippen MR) is 61.6 cm³/mol. The molecule has 88 valence electrons. The molecule has 0 saturated carbocycles. The fraction of sp³-hybridized carbons (Fsp3) is 0.417. The van der Waals surface area contributed by atoms with Gasteiger partial charge in [0.05, 0.1) is 7.11 Å². The first-order valence-electron chi connectivity index (χ1n) is 5.17. The fourth-order valence-electron chi connectivity index (χ4n) is 1.45. The van der Waals surface area contributed by atoms with E-state index in [1.54, 1.807) is 14.0 Å². The molecule has 0 unspecified atom stereocenters. The summed E-state index contributed by atoms with van der Waals surface area (Å²) < 4.78 is 5.11. The van der Waals surface area contributed by atoms with Crippen molar-refractivity contribution in [2.75, 3.05) is 7.11 Å². The van der Waals surface area contributed by atoms with Gasteiger partial charge in [-0.15, -0.1) is 0 Å². The summed E-state index contributed by atoms with van der Waals surface area (Å²) >= 11 is 0. The molecule has 0 aliphatic carbocycles. The summed E-state index contributed by atoms with van der Waals surface area (Å²) in [6.07, 6.45) is 0. The predicted octanol–water partition coefficient (Wildman–Crippen LogP) is 1.82. The summed E-state index contributed by atoms with van der Waals surface area (Å²) in [6, 6.07) is 6.98. The minimum Gasteiger partial charge on any atom is -0.497 e. The van der Waals surface area contributed by atoms with E-state index < -0.39 is 12.0 Å². The lowest BCUT2D eigenvalue weighted by molar-refractivity contribution is -0.139. The Kier molecular flexibility index (Phi) is 4.31. The number of carbonyl (C=O) groups is 1. The lowest BCUT2D eigenvalue weighted by Crippen LogP contribution is -2.35. The van der Waals surface area contributed by atoms with Gasteiger partial charge in [0.2, 0.25) is 0 Å². The number of aliphatic carboxylic acids is 1. The summed E-state index contributed by atoms with van der Waals surface area (Å²) in [7, 11) is 1.61. The van der Waals surface area contributed by atoms with Crippen molar-refractivity contribution in [2.24, 2.45) is 0 Å². The molecular formula is C12H17NO3. The van der Waals surface area contributed by atoms with Crippen LogP contribution in [0.3, 0.4) is 0 Å². The van der Waals surface area contributed by atoms with Crippen molar-refractivity contribution in [3.63, 3.8) is 0 Å². The zero-order valence-electron chi connectivity index (χ0n) is 9.73. The highest BCUT2D eigenvalue weighted by Crippen LogP contribution is 2.18. The lowest BCUT2D eigenvalue weighted by Gasteiger charge is -2.17. The Morgan fingerprint density at radius 3 is 2.69 bits per heavy atom. The molecule has 4 heteroatoms. The number of hydrogen-bond donors (Lipinski definition) is 2.